The number of anilines is 2. The van der Waals surface area contributed by atoms with Crippen molar-refractivity contribution in [1.29, 1.82) is 0 Å². The molecule has 10 heteroatoms. The summed E-state index contributed by atoms with van der Waals surface area (Å²) in [7, 11) is 0. The number of ether oxygens (including phenoxy) is 1. The van der Waals surface area contributed by atoms with Crippen LogP contribution in [0.4, 0.5) is 12.0 Å². The number of benzene rings is 2. The summed E-state index contributed by atoms with van der Waals surface area (Å²) in [6, 6.07) is 15.7. The highest BCUT2D eigenvalue weighted by Gasteiger charge is 2.18. The minimum absolute atomic E-state index is 0.270. The van der Waals surface area contributed by atoms with Crippen molar-refractivity contribution >= 4 is 62.3 Å². The number of carbonyl (C=O) groups is 1. The lowest BCUT2D eigenvalue weighted by molar-refractivity contribution is 0.0524. The number of fused-ring (bicyclic) bond motifs is 2. The first-order chi connectivity index (χ1) is 15.7. The molecule has 0 aliphatic heterocycles. The third-order valence-corrected chi connectivity index (χ3v) is 6.67. The maximum Gasteiger partial charge on any atom is 0.341 e. The van der Waals surface area contributed by atoms with Gasteiger partial charge in [0, 0.05) is 11.9 Å². The first-order valence-electron chi connectivity index (χ1n) is 9.83. The summed E-state index contributed by atoms with van der Waals surface area (Å²) in [6.45, 7) is 2.03. The molecule has 3 heterocycles. The van der Waals surface area contributed by atoms with Gasteiger partial charge in [-0.05, 0) is 31.2 Å². The Morgan fingerprint density at radius 1 is 1.09 bits per heavy atom. The topological polar surface area (TPSA) is 103 Å². The quantitative estimate of drug-likeness (QED) is 0.249. The second-order valence-corrected chi connectivity index (χ2v) is 8.88. The van der Waals surface area contributed by atoms with Crippen LogP contribution in [0.5, 0.6) is 0 Å². The Balaban J connectivity index is 1.41. The summed E-state index contributed by atoms with van der Waals surface area (Å²) >= 11 is 3.11. The third kappa shape index (κ3) is 4.27. The number of nitrogens with one attached hydrogen (secondary N) is 1. The predicted molar refractivity (Wildman–Crippen MR) is 124 cm³/mol. The van der Waals surface area contributed by atoms with Crippen LogP contribution in [0.3, 0.4) is 0 Å². The third-order valence-electron chi connectivity index (χ3n) is 4.48. The molecule has 0 saturated carbocycles. The van der Waals surface area contributed by atoms with Crippen molar-refractivity contribution in [2.24, 2.45) is 0 Å². The fourth-order valence-electron chi connectivity index (χ4n) is 3.03. The van der Waals surface area contributed by atoms with Gasteiger partial charge < -0.3 is 9.15 Å². The number of thioether (sulfide) groups is 1. The molecule has 5 aromatic rings. The van der Waals surface area contributed by atoms with Gasteiger partial charge in [-0.2, -0.15) is 4.98 Å². The van der Waals surface area contributed by atoms with Crippen molar-refractivity contribution in [3.63, 3.8) is 0 Å². The zero-order valence-corrected chi connectivity index (χ0v) is 18.6. The van der Waals surface area contributed by atoms with Crippen LogP contribution >= 0.6 is 23.1 Å². The normalized spacial score (nSPS) is 11.2. The van der Waals surface area contributed by atoms with E-state index in [9.17, 15) is 4.79 Å². The highest BCUT2D eigenvalue weighted by atomic mass is 32.2. The van der Waals surface area contributed by atoms with Crippen molar-refractivity contribution < 1.29 is 13.9 Å². The number of esters is 1. The van der Waals surface area contributed by atoms with E-state index in [1.54, 1.807) is 18.3 Å². The van der Waals surface area contributed by atoms with Crippen LogP contribution in [0.1, 0.15) is 23.0 Å². The van der Waals surface area contributed by atoms with Gasteiger partial charge in [0.15, 0.2) is 9.92 Å². The Morgan fingerprint density at radius 2 is 1.91 bits per heavy atom. The number of aromatic nitrogens is 4. The maximum atomic E-state index is 12.4. The Kier molecular flexibility index (Phi) is 5.70. The highest BCUT2D eigenvalue weighted by Crippen LogP contribution is 2.32. The molecule has 0 saturated heterocycles. The van der Waals surface area contributed by atoms with Gasteiger partial charge in [-0.25, -0.2) is 19.7 Å². The molecule has 0 aliphatic carbocycles. The molecule has 32 heavy (non-hydrogen) atoms. The maximum absolute atomic E-state index is 12.4. The van der Waals surface area contributed by atoms with E-state index in [4.69, 9.17) is 9.15 Å². The number of rotatable bonds is 7. The summed E-state index contributed by atoms with van der Waals surface area (Å²) in [5.74, 6) is 0.254. The molecular formula is C22H17N5O3S2. The van der Waals surface area contributed by atoms with E-state index in [-0.39, 0.29) is 18.6 Å². The van der Waals surface area contributed by atoms with Gasteiger partial charge in [0.05, 0.1) is 22.5 Å². The van der Waals surface area contributed by atoms with Crippen LogP contribution in [-0.4, -0.2) is 32.5 Å². The highest BCUT2D eigenvalue weighted by molar-refractivity contribution is 8.00. The average molecular weight is 464 g/mol. The number of carbonyl (C=O) groups excluding carboxylic acids is 1. The summed E-state index contributed by atoms with van der Waals surface area (Å²) in [6.07, 6.45) is 1.46. The van der Waals surface area contributed by atoms with E-state index in [1.807, 2.05) is 48.5 Å². The summed E-state index contributed by atoms with van der Waals surface area (Å²) < 4.78 is 12.9. The van der Waals surface area contributed by atoms with E-state index >= 15 is 0 Å². The zero-order chi connectivity index (χ0) is 21.9. The van der Waals surface area contributed by atoms with Crippen LogP contribution in [0, 0.1) is 0 Å². The number of thiazole rings is 1. The Bertz CT molecular complexity index is 1350. The molecule has 5 rings (SSSR count). The van der Waals surface area contributed by atoms with Crippen molar-refractivity contribution in [3.05, 3.63) is 66.0 Å². The molecular weight excluding hydrogens is 446 g/mol. The number of hydrogen-bond donors (Lipinski definition) is 1. The molecule has 160 valence electrons. The molecule has 0 fully saturated rings. The Labute approximate surface area is 191 Å². The predicted octanol–water partition coefficient (Wildman–Crippen LogP) is 5.44. The number of oxazole rings is 1. The number of nitrogens with zero attached hydrogens (tertiary/aromatic N) is 4. The first-order valence-corrected chi connectivity index (χ1v) is 11.6. The molecule has 0 atom stereocenters. The summed E-state index contributed by atoms with van der Waals surface area (Å²) in [5, 5.41) is 2.98. The molecule has 8 nitrogen and oxygen atoms in total. The van der Waals surface area contributed by atoms with Crippen LogP contribution in [0.15, 0.2) is 63.5 Å². The van der Waals surface area contributed by atoms with E-state index < -0.39 is 5.97 Å². The van der Waals surface area contributed by atoms with Crippen LogP contribution in [0.2, 0.25) is 0 Å². The minimum atomic E-state index is -0.458. The molecule has 0 spiro atoms. The van der Waals surface area contributed by atoms with Crippen molar-refractivity contribution in [2.45, 2.75) is 17.0 Å². The van der Waals surface area contributed by atoms with Crippen molar-refractivity contribution in [2.75, 3.05) is 11.9 Å². The second kappa shape index (κ2) is 8.93. The molecule has 3 aromatic heterocycles. The standard InChI is InChI=1S/C22H17N5O3S2/c1-2-29-19(28)13-11-23-20(27-21-25-14-7-3-5-9-17(14)30-21)24-16(13)12-31-22-26-15-8-4-6-10-18(15)32-22/h3-11H,2,12H2,1H3,(H,23,24,25,27). The molecule has 0 unspecified atom stereocenters. The first kappa shape index (κ1) is 20.4. The van der Waals surface area contributed by atoms with Crippen molar-refractivity contribution in [1.82, 2.24) is 19.9 Å². The van der Waals surface area contributed by atoms with Gasteiger partial charge in [-0.15, -0.1) is 11.3 Å². The molecule has 2 aromatic carbocycles. The van der Waals surface area contributed by atoms with Crippen molar-refractivity contribution in [3.8, 4) is 0 Å². The van der Waals surface area contributed by atoms with Crippen LogP contribution in [0.25, 0.3) is 21.3 Å². The lowest BCUT2D eigenvalue weighted by Crippen LogP contribution is -2.11. The average Bonchev–Trinajstić information content (AvgIpc) is 3.41. The molecule has 1 N–H and O–H groups in total. The van der Waals surface area contributed by atoms with E-state index in [2.05, 4.69) is 25.3 Å². The molecule has 0 bridgehead atoms. The summed E-state index contributed by atoms with van der Waals surface area (Å²) in [5.41, 5.74) is 3.20. The van der Waals surface area contributed by atoms with Gasteiger partial charge >= 0.3 is 12.0 Å². The number of hydrogen-bond acceptors (Lipinski definition) is 10. The van der Waals surface area contributed by atoms with Gasteiger partial charge in [-0.3, -0.25) is 5.32 Å². The van der Waals surface area contributed by atoms with Gasteiger partial charge in [0.1, 0.15) is 11.1 Å². The Morgan fingerprint density at radius 3 is 2.72 bits per heavy atom. The molecule has 0 radical (unpaired) electrons. The monoisotopic (exact) mass is 463 g/mol. The van der Waals surface area contributed by atoms with Gasteiger partial charge in [0.25, 0.3) is 0 Å². The van der Waals surface area contributed by atoms with Crippen LogP contribution in [-0.2, 0) is 10.5 Å². The largest absolute Gasteiger partial charge is 0.462 e. The smallest absolute Gasteiger partial charge is 0.341 e. The SMILES string of the molecule is CCOC(=O)c1cnc(Nc2nc3ccccc3o2)nc1CSc1nc2ccccc2s1. The van der Waals surface area contributed by atoms with E-state index in [0.29, 0.717) is 22.6 Å². The lowest BCUT2D eigenvalue weighted by atomic mass is 10.2. The fourth-order valence-corrected chi connectivity index (χ4v) is 5.05. The minimum Gasteiger partial charge on any atom is -0.462 e. The zero-order valence-electron chi connectivity index (χ0n) is 16.9. The van der Waals surface area contributed by atoms with Crippen LogP contribution < -0.4 is 5.32 Å². The second-order valence-electron chi connectivity index (χ2n) is 6.62. The summed E-state index contributed by atoms with van der Waals surface area (Å²) in [4.78, 5) is 30.2. The van der Waals surface area contributed by atoms with Gasteiger partial charge in [0.2, 0.25) is 5.95 Å². The van der Waals surface area contributed by atoms with E-state index in [0.717, 1.165) is 20.1 Å². The lowest BCUT2D eigenvalue weighted by Gasteiger charge is -2.09. The fraction of sp³-hybridized carbons (Fsp3) is 0.136. The number of para-hydroxylation sites is 3. The van der Waals surface area contributed by atoms with E-state index in [1.165, 1.54) is 18.0 Å². The molecule has 0 amide bonds. The van der Waals surface area contributed by atoms with Gasteiger partial charge in [-0.1, -0.05) is 36.0 Å². The Hall–Kier alpha value is -3.50. The molecule has 0 aliphatic rings.